The summed E-state index contributed by atoms with van der Waals surface area (Å²) in [5.41, 5.74) is 0.911. The topological polar surface area (TPSA) is 76.1 Å². The van der Waals surface area contributed by atoms with E-state index in [1.807, 2.05) is 0 Å². The van der Waals surface area contributed by atoms with Crippen LogP contribution in [0.3, 0.4) is 0 Å². The van der Waals surface area contributed by atoms with Crippen molar-refractivity contribution in [3.05, 3.63) is 30.1 Å². The number of carbonyl (C=O) groups is 1. The molecule has 1 saturated heterocycles. The minimum atomic E-state index is -2.98. The Morgan fingerprint density at radius 2 is 2.11 bits per heavy atom. The van der Waals surface area contributed by atoms with Crippen LogP contribution < -0.4 is 5.32 Å². The molecule has 1 unspecified atom stereocenters. The number of aromatic nitrogens is 1. The van der Waals surface area contributed by atoms with E-state index in [0.717, 1.165) is 5.56 Å². The molecule has 18 heavy (non-hydrogen) atoms. The molecule has 5 nitrogen and oxygen atoms in total. The van der Waals surface area contributed by atoms with Gasteiger partial charge in [0.15, 0.2) is 9.84 Å². The van der Waals surface area contributed by atoms with E-state index < -0.39 is 9.84 Å². The normalized spacial score (nSPS) is 22.6. The van der Waals surface area contributed by atoms with Gasteiger partial charge >= 0.3 is 0 Å². The summed E-state index contributed by atoms with van der Waals surface area (Å²) in [7, 11) is -2.98. The van der Waals surface area contributed by atoms with Crippen molar-refractivity contribution in [3.63, 3.8) is 0 Å². The summed E-state index contributed by atoms with van der Waals surface area (Å²) in [6.07, 6.45) is 3.89. The van der Waals surface area contributed by atoms with Gasteiger partial charge < -0.3 is 5.32 Å². The standard InChI is InChI=1S/C12H16N2O3S/c15-12(7-10-1-3-13-4-2-10)8-11-9-18(16,17)6-5-14-11/h1-4,11,14H,5-9H2. The highest BCUT2D eigenvalue weighted by Crippen LogP contribution is 2.08. The number of Topliss-reactive ketones (excluding diaryl/α,β-unsaturated/α-hetero) is 1. The van der Waals surface area contributed by atoms with E-state index >= 15 is 0 Å². The van der Waals surface area contributed by atoms with Gasteiger partial charge in [-0.3, -0.25) is 9.78 Å². The Bertz CT molecular complexity index is 513. The number of carbonyl (C=O) groups excluding carboxylic acids is 1. The van der Waals surface area contributed by atoms with Crippen LogP contribution >= 0.6 is 0 Å². The van der Waals surface area contributed by atoms with Crippen molar-refractivity contribution >= 4 is 15.6 Å². The predicted octanol–water partition coefficient (Wildman–Crippen LogP) is -0.0301. The molecule has 1 aromatic rings. The van der Waals surface area contributed by atoms with Crippen LogP contribution in [0.15, 0.2) is 24.5 Å². The predicted molar refractivity (Wildman–Crippen MR) is 68.0 cm³/mol. The molecule has 0 amide bonds. The maximum atomic E-state index is 11.8. The zero-order valence-corrected chi connectivity index (χ0v) is 10.8. The van der Waals surface area contributed by atoms with Crippen molar-refractivity contribution in [1.29, 1.82) is 0 Å². The van der Waals surface area contributed by atoms with E-state index in [0.29, 0.717) is 13.0 Å². The number of hydrogen-bond donors (Lipinski definition) is 1. The molecule has 6 heteroatoms. The summed E-state index contributed by atoms with van der Waals surface area (Å²) in [5.74, 6) is 0.285. The van der Waals surface area contributed by atoms with Gasteiger partial charge in [0.1, 0.15) is 5.78 Å². The highest BCUT2D eigenvalue weighted by atomic mass is 32.2. The lowest BCUT2D eigenvalue weighted by Crippen LogP contribution is -2.46. The number of pyridine rings is 1. The fourth-order valence-corrected chi connectivity index (χ4v) is 3.52. The number of ketones is 1. The van der Waals surface area contributed by atoms with Crippen LogP contribution in [-0.4, -0.2) is 43.3 Å². The third-order valence-electron chi connectivity index (χ3n) is 2.93. The first-order chi connectivity index (χ1) is 8.55. The lowest BCUT2D eigenvalue weighted by Gasteiger charge is -2.22. The maximum absolute atomic E-state index is 11.8. The number of nitrogens with one attached hydrogen (secondary N) is 1. The summed E-state index contributed by atoms with van der Waals surface area (Å²) in [5, 5.41) is 3.08. The molecule has 98 valence electrons. The van der Waals surface area contributed by atoms with Gasteiger partial charge in [-0.2, -0.15) is 0 Å². The number of rotatable bonds is 4. The molecular formula is C12H16N2O3S. The van der Waals surface area contributed by atoms with Crippen LogP contribution in [0.2, 0.25) is 0 Å². The van der Waals surface area contributed by atoms with Gasteiger partial charge in [0, 0.05) is 37.8 Å². The molecule has 2 heterocycles. The maximum Gasteiger partial charge on any atom is 0.153 e. The molecule has 1 aromatic heterocycles. The average molecular weight is 268 g/mol. The highest BCUT2D eigenvalue weighted by Gasteiger charge is 2.25. The molecule has 2 rings (SSSR count). The van der Waals surface area contributed by atoms with Gasteiger partial charge in [-0.15, -0.1) is 0 Å². The molecular weight excluding hydrogens is 252 g/mol. The Hall–Kier alpha value is -1.27. The molecule has 0 aromatic carbocycles. The van der Waals surface area contributed by atoms with Gasteiger partial charge in [0.2, 0.25) is 0 Å². The van der Waals surface area contributed by atoms with Crippen molar-refractivity contribution in [3.8, 4) is 0 Å². The number of sulfone groups is 1. The first-order valence-corrected chi connectivity index (χ1v) is 7.72. The minimum absolute atomic E-state index is 0.0517. The average Bonchev–Trinajstić information content (AvgIpc) is 2.28. The summed E-state index contributed by atoms with van der Waals surface area (Å²) in [6.45, 7) is 0.440. The second-order valence-corrected chi connectivity index (χ2v) is 6.77. The first kappa shape index (κ1) is 13.2. The Kier molecular flexibility index (Phi) is 4.08. The van der Waals surface area contributed by atoms with Gasteiger partial charge in [-0.05, 0) is 17.7 Å². The Labute approximate surface area is 107 Å². The van der Waals surface area contributed by atoms with E-state index in [1.165, 1.54) is 0 Å². The molecule has 1 fully saturated rings. The van der Waals surface area contributed by atoms with E-state index in [4.69, 9.17) is 0 Å². The van der Waals surface area contributed by atoms with Gasteiger partial charge in [0.05, 0.1) is 11.5 Å². The van der Waals surface area contributed by atoms with Crippen LogP contribution in [0.25, 0.3) is 0 Å². The van der Waals surface area contributed by atoms with Crippen molar-refractivity contribution in [2.75, 3.05) is 18.1 Å². The lowest BCUT2D eigenvalue weighted by molar-refractivity contribution is -0.118. The number of nitrogens with zero attached hydrogens (tertiary/aromatic N) is 1. The van der Waals surface area contributed by atoms with Crippen molar-refractivity contribution in [1.82, 2.24) is 10.3 Å². The Morgan fingerprint density at radius 1 is 1.39 bits per heavy atom. The Balaban J connectivity index is 1.88. The van der Waals surface area contributed by atoms with Gasteiger partial charge in [0.25, 0.3) is 0 Å². The van der Waals surface area contributed by atoms with Crippen LogP contribution in [0.5, 0.6) is 0 Å². The third-order valence-corrected chi connectivity index (χ3v) is 4.66. The van der Waals surface area contributed by atoms with Crippen LogP contribution in [0.4, 0.5) is 0 Å². The fourth-order valence-electron chi connectivity index (χ4n) is 2.07. The largest absolute Gasteiger partial charge is 0.312 e. The molecule has 1 aliphatic heterocycles. The molecule has 1 aliphatic rings. The van der Waals surface area contributed by atoms with Crippen molar-refractivity contribution < 1.29 is 13.2 Å². The first-order valence-electron chi connectivity index (χ1n) is 5.89. The minimum Gasteiger partial charge on any atom is -0.312 e. The molecule has 0 aliphatic carbocycles. The summed E-state index contributed by atoms with van der Waals surface area (Å²) in [6, 6.07) is 3.35. The second kappa shape index (κ2) is 5.58. The second-order valence-electron chi connectivity index (χ2n) is 4.54. The van der Waals surface area contributed by atoms with Crippen molar-refractivity contribution in [2.45, 2.75) is 18.9 Å². The molecule has 0 saturated carbocycles. The van der Waals surface area contributed by atoms with Gasteiger partial charge in [-0.25, -0.2) is 8.42 Å². The Morgan fingerprint density at radius 3 is 2.78 bits per heavy atom. The number of hydrogen-bond acceptors (Lipinski definition) is 5. The van der Waals surface area contributed by atoms with E-state index in [9.17, 15) is 13.2 Å². The lowest BCUT2D eigenvalue weighted by atomic mass is 10.1. The smallest absolute Gasteiger partial charge is 0.153 e. The van der Waals surface area contributed by atoms with E-state index in [-0.39, 0.29) is 29.8 Å². The molecule has 1 atom stereocenters. The van der Waals surface area contributed by atoms with Crippen molar-refractivity contribution in [2.24, 2.45) is 0 Å². The van der Waals surface area contributed by atoms with Crippen LogP contribution in [0, 0.1) is 0 Å². The highest BCUT2D eigenvalue weighted by molar-refractivity contribution is 7.91. The molecule has 0 radical (unpaired) electrons. The third kappa shape index (κ3) is 3.89. The fraction of sp³-hybridized carbons (Fsp3) is 0.500. The zero-order chi connectivity index (χ0) is 13.0. The SMILES string of the molecule is O=C(Cc1ccncc1)CC1CS(=O)(=O)CCN1. The molecule has 0 spiro atoms. The summed E-state index contributed by atoms with van der Waals surface area (Å²) >= 11 is 0. The van der Waals surface area contributed by atoms with Crippen LogP contribution in [0.1, 0.15) is 12.0 Å². The van der Waals surface area contributed by atoms with Gasteiger partial charge in [-0.1, -0.05) is 0 Å². The summed E-state index contributed by atoms with van der Waals surface area (Å²) < 4.78 is 22.9. The summed E-state index contributed by atoms with van der Waals surface area (Å²) in [4.78, 5) is 15.7. The van der Waals surface area contributed by atoms with E-state index in [2.05, 4.69) is 10.3 Å². The van der Waals surface area contributed by atoms with E-state index in [1.54, 1.807) is 24.5 Å². The monoisotopic (exact) mass is 268 g/mol. The van der Waals surface area contributed by atoms with Crippen LogP contribution in [-0.2, 0) is 21.1 Å². The zero-order valence-electron chi connectivity index (χ0n) is 10.0. The molecule has 0 bridgehead atoms. The molecule has 1 N–H and O–H groups in total. The quantitative estimate of drug-likeness (QED) is 0.830.